The molecule has 160 valence electrons. The van der Waals surface area contributed by atoms with Crippen LogP contribution in [0.1, 0.15) is 36.0 Å². The molecule has 8 heteroatoms. The fraction of sp³-hybridized carbons (Fsp3) is 0.455. The lowest BCUT2D eigenvalue weighted by Crippen LogP contribution is -2.46. The summed E-state index contributed by atoms with van der Waals surface area (Å²) in [7, 11) is 0. The van der Waals surface area contributed by atoms with Gasteiger partial charge in [0, 0.05) is 25.4 Å². The SMILES string of the molecule is CC(CC(=O)N1CCOCC1)C(=O)N[C@@H](CCc1ccccc1)C(=O)c1ncco1. The predicted octanol–water partition coefficient (Wildman–Crippen LogP) is 1.86. The van der Waals surface area contributed by atoms with Gasteiger partial charge in [-0.2, -0.15) is 0 Å². The molecular formula is C22H27N3O5. The van der Waals surface area contributed by atoms with E-state index < -0.39 is 12.0 Å². The molecule has 1 aliphatic heterocycles. The number of benzene rings is 1. The number of amides is 2. The molecule has 1 aromatic carbocycles. The van der Waals surface area contributed by atoms with Crippen LogP contribution in [0.5, 0.6) is 0 Å². The Morgan fingerprint density at radius 3 is 2.57 bits per heavy atom. The number of ketones is 1. The first kappa shape index (κ1) is 21.7. The van der Waals surface area contributed by atoms with Crippen molar-refractivity contribution in [2.75, 3.05) is 26.3 Å². The molecule has 1 aromatic heterocycles. The minimum absolute atomic E-state index is 0.0367. The zero-order chi connectivity index (χ0) is 21.3. The van der Waals surface area contributed by atoms with Gasteiger partial charge in [0.25, 0.3) is 5.89 Å². The van der Waals surface area contributed by atoms with Gasteiger partial charge >= 0.3 is 0 Å². The number of aryl methyl sites for hydroxylation is 1. The summed E-state index contributed by atoms with van der Waals surface area (Å²) in [5, 5.41) is 2.80. The Kier molecular flexibility index (Phi) is 7.73. The molecule has 2 amide bonds. The van der Waals surface area contributed by atoms with E-state index in [1.54, 1.807) is 11.8 Å². The molecule has 0 spiro atoms. The number of oxazole rings is 1. The van der Waals surface area contributed by atoms with E-state index in [9.17, 15) is 14.4 Å². The first-order valence-corrected chi connectivity index (χ1v) is 10.2. The summed E-state index contributed by atoms with van der Waals surface area (Å²) >= 11 is 0. The van der Waals surface area contributed by atoms with E-state index >= 15 is 0 Å². The van der Waals surface area contributed by atoms with Crippen molar-refractivity contribution in [3.05, 3.63) is 54.2 Å². The van der Waals surface area contributed by atoms with Crippen LogP contribution in [-0.2, 0) is 20.7 Å². The van der Waals surface area contributed by atoms with E-state index in [-0.39, 0.29) is 29.9 Å². The number of Topliss-reactive ketones (excluding diaryl/α,β-unsaturated/α-hetero) is 1. The third-order valence-corrected chi connectivity index (χ3v) is 5.13. The highest BCUT2D eigenvalue weighted by molar-refractivity contribution is 5.99. The molecule has 0 bridgehead atoms. The third-order valence-electron chi connectivity index (χ3n) is 5.13. The minimum Gasteiger partial charge on any atom is -0.442 e. The predicted molar refractivity (Wildman–Crippen MR) is 109 cm³/mol. The Labute approximate surface area is 175 Å². The highest BCUT2D eigenvalue weighted by Crippen LogP contribution is 2.13. The van der Waals surface area contributed by atoms with Gasteiger partial charge in [0.15, 0.2) is 0 Å². The molecule has 1 aliphatic rings. The number of nitrogens with zero attached hydrogens (tertiary/aromatic N) is 2. The molecule has 0 saturated carbocycles. The first-order valence-electron chi connectivity index (χ1n) is 10.2. The van der Waals surface area contributed by atoms with Crippen molar-refractivity contribution in [3.8, 4) is 0 Å². The van der Waals surface area contributed by atoms with Crippen molar-refractivity contribution < 1.29 is 23.5 Å². The summed E-state index contributed by atoms with van der Waals surface area (Å²) in [6.45, 7) is 3.79. The van der Waals surface area contributed by atoms with Crippen LogP contribution < -0.4 is 5.32 Å². The number of aromatic nitrogens is 1. The van der Waals surface area contributed by atoms with Crippen LogP contribution in [0.4, 0.5) is 0 Å². The highest BCUT2D eigenvalue weighted by atomic mass is 16.5. The first-order chi connectivity index (χ1) is 14.5. The summed E-state index contributed by atoms with van der Waals surface area (Å²) in [5.41, 5.74) is 1.06. The molecule has 1 fully saturated rings. The number of rotatable bonds is 9. The largest absolute Gasteiger partial charge is 0.442 e. The van der Waals surface area contributed by atoms with Crippen LogP contribution in [0.15, 0.2) is 47.2 Å². The van der Waals surface area contributed by atoms with Crippen molar-refractivity contribution >= 4 is 17.6 Å². The fourth-order valence-corrected chi connectivity index (χ4v) is 3.33. The molecule has 8 nitrogen and oxygen atoms in total. The van der Waals surface area contributed by atoms with Crippen LogP contribution in [0.25, 0.3) is 0 Å². The standard InChI is InChI=1S/C22H27N3O5/c1-16(15-19(26)25-10-13-29-14-11-25)21(28)24-18(20(27)22-23-9-12-30-22)8-7-17-5-3-2-4-6-17/h2-6,9,12,16,18H,7-8,10-11,13-15H2,1H3,(H,24,28)/t16?,18-/m0/s1. The van der Waals surface area contributed by atoms with E-state index in [1.165, 1.54) is 12.5 Å². The summed E-state index contributed by atoms with van der Waals surface area (Å²) < 4.78 is 10.4. The van der Waals surface area contributed by atoms with Crippen molar-refractivity contribution in [2.45, 2.75) is 32.2 Å². The molecule has 1 unspecified atom stereocenters. The molecule has 3 rings (SSSR count). The highest BCUT2D eigenvalue weighted by Gasteiger charge is 2.29. The molecule has 0 radical (unpaired) electrons. The maximum absolute atomic E-state index is 12.8. The maximum atomic E-state index is 12.8. The van der Waals surface area contributed by atoms with Gasteiger partial charge in [-0.15, -0.1) is 0 Å². The molecule has 2 atom stereocenters. The number of morpholine rings is 1. The van der Waals surface area contributed by atoms with Gasteiger partial charge in [0.05, 0.1) is 25.5 Å². The molecule has 1 saturated heterocycles. The molecule has 2 aromatic rings. The van der Waals surface area contributed by atoms with E-state index in [0.717, 1.165) is 5.56 Å². The van der Waals surface area contributed by atoms with E-state index in [4.69, 9.17) is 9.15 Å². The number of nitrogens with one attached hydrogen (secondary N) is 1. The third kappa shape index (κ3) is 6.00. The molecule has 1 N–H and O–H groups in total. The normalized spacial score (nSPS) is 16.0. The zero-order valence-corrected chi connectivity index (χ0v) is 17.1. The summed E-state index contributed by atoms with van der Waals surface area (Å²) in [4.78, 5) is 43.6. The van der Waals surface area contributed by atoms with Gasteiger partial charge in [-0.3, -0.25) is 14.4 Å². The molecule has 30 heavy (non-hydrogen) atoms. The van der Waals surface area contributed by atoms with E-state index in [2.05, 4.69) is 10.3 Å². The monoisotopic (exact) mass is 413 g/mol. The van der Waals surface area contributed by atoms with Crippen LogP contribution in [-0.4, -0.2) is 59.8 Å². The second kappa shape index (κ2) is 10.7. The van der Waals surface area contributed by atoms with Gasteiger partial charge in [0.2, 0.25) is 17.6 Å². The minimum atomic E-state index is -0.780. The number of carbonyl (C=O) groups is 3. The number of hydrogen-bond acceptors (Lipinski definition) is 6. The van der Waals surface area contributed by atoms with Crippen molar-refractivity contribution in [2.24, 2.45) is 5.92 Å². The molecule has 2 heterocycles. The average Bonchev–Trinajstić information content (AvgIpc) is 3.32. The van der Waals surface area contributed by atoms with Gasteiger partial charge in [-0.1, -0.05) is 37.3 Å². The lowest BCUT2D eigenvalue weighted by molar-refractivity contribution is -0.139. The number of carbonyl (C=O) groups excluding carboxylic acids is 3. The Morgan fingerprint density at radius 1 is 1.17 bits per heavy atom. The van der Waals surface area contributed by atoms with Crippen molar-refractivity contribution in [1.29, 1.82) is 0 Å². The van der Waals surface area contributed by atoms with Crippen LogP contribution in [0.3, 0.4) is 0 Å². The average molecular weight is 413 g/mol. The lowest BCUT2D eigenvalue weighted by atomic mass is 10.00. The van der Waals surface area contributed by atoms with Gasteiger partial charge in [-0.05, 0) is 18.4 Å². The topological polar surface area (TPSA) is 102 Å². The zero-order valence-electron chi connectivity index (χ0n) is 17.1. The Balaban J connectivity index is 1.61. The van der Waals surface area contributed by atoms with E-state index in [1.807, 2.05) is 30.3 Å². The lowest BCUT2D eigenvalue weighted by Gasteiger charge is -2.28. The van der Waals surface area contributed by atoms with Crippen LogP contribution >= 0.6 is 0 Å². The van der Waals surface area contributed by atoms with Gasteiger partial charge in [-0.25, -0.2) is 4.98 Å². The second-order valence-electron chi connectivity index (χ2n) is 7.39. The summed E-state index contributed by atoms with van der Waals surface area (Å²) in [6, 6.07) is 8.94. The van der Waals surface area contributed by atoms with Crippen LogP contribution in [0, 0.1) is 5.92 Å². The summed E-state index contributed by atoms with van der Waals surface area (Å²) in [5.74, 6) is -1.39. The van der Waals surface area contributed by atoms with Crippen molar-refractivity contribution in [1.82, 2.24) is 15.2 Å². The summed E-state index contributed by atoms with van der Waals surface area (Å²) in [6.07, 6.45) is 3.82. The number of hydrogen-bond donors (Lipinski definition) is 1. The van der Waals surface area contributed by atoms with Crippen LogP contribution in [0.2, 0.25) is 0 Å². The quantitative estimate of drug-likeness (QED) is 0.630. The fourth-order valence-electron chi connectivity index (χ4n) is 3.33. The number of ether oxygens (including phenoxy) is 1. The molecular weight excluding hydrogens is 386 g/mol. The van der Waals surface area contributed by atoms with E-state index in [0.29, 0.717) is 39.1 Å². The van der Waals surface area contributed by atoms with Gasteiger partial charge in [0.1, 0.15) is 6.26 Å². The molecule has 0 aliphatic carbocycles. The second-order valence-corrected chi connectivity index (χ2v) is 7.39. The maximum Gasteiger partial charge on any atom is 0.265 e. The Morgan fingerprint density at radius 2 is 1.90 bits per heavy atom. The van der Waals surface area contributed by atoms with Crippen molar-refractivity contribution in [3.63, 3.8) is 0 Å². The smallest absolute Gasteiger partial charge is 0.265 e. The Bertz CT molecular complexity index is 832. The van der Waals surface area contributed by atoms with Gasteiger partial charge < -0.3 is 19.4 Å². The Hall–Kier alpha value is -3.00.